The number of alkyl halides is 1. The summed E-state index contributed by atoms with van der Waals surface area (Å²) < 4.78 is 5.60. The summed E-state index contributed by atoms with van der Waals surface area (Å²) in [5.41, 5.74) is 0.829. The Hall–Kier alpha value is -0.870. The van der Waals surface area contributed by atoms with Gasteiger partial charge in [-0.3, -0.25) is 4.79 Å². The highest BCUT2D eigenvalue weighted by molar-refractivity contribution is 9.09. The standard InChI is InChI=1S/C15H21BrO3/c1-11(17)15(12(2)18)13-5-7-14(8-6-13)19-10-4-3-9-16/h5-8,11,15,17H,3-4,9-10H2,1-2H3. The maximum absolute atomic E-state index is 11.5. The van der Waals surface area contributed by atoms with Gasteiger partial charge in [0.1, 0.15) is 11.5 Å². The van der Waals surface area contributed by atoms with Crippen molar-refractivity contribution in [2.75, 3.05) is 11.9 Å². The van der Waals surface area contributed by atoms with Crippen molar-refractivity contribution in [1.82, 2.24) is 0 Å². The second-order valence-corrected chi connectivity index (χ2v) is 5.44. The molecule has 0 radical (unpaired) electrons. The molecule has 1 N–H and O–H groups in total. The topological polar surface area (TPSA) is 46.5 Å². The van der Waals surface area contributed by atoms with E-state index in [1.807, 2.05) is 24.3 Å². The van der Waals surface area contributed by atoms with Crippen molar-refractivity contribution >= 4 is 21.7 Å². The number of aliphatic hydroxyl groups is 1. The number of Topliss-reactive ketones (excluding diaryl/α,β-unsaturated/α-hetero) is 1. The van der Waals surface area contributed by atoms with Crippen LogP contribution in [0.2, 0.25) is 0 Å². The van der Waals surface area contributed by atoms with Crippen molar-refractivity contribution < 1.29 is 14.6 Å². The van der Waals surface area contributed by atoms with Crippen LogP contribution >= 0.6 is 15.9 Å². The number of hydrogen-bond acceptors (Lipinski definition) is 3. The predicted molar refractivity (Wildman–Crippen MR) is 80.1 cm³/mol. The molecule has 4 heteroatoms. The molecule has 0 saturated carbocycles. The molecule has 3 nitrogen and oxygen atoms in total. The lowest BCUT2D eigenvalue weighted by atomic mass is 9.91. The Kier molecular flexibility index (Phi) is 7.10. The van der Waals surface area contributed by atoms with Crippen LogP contribution in [0.4, 0.5) is 0 Å². The van der Waals surface area contributed by atoms with E-state index < -0.39 is 12.0 Å². The van der Waals surface area contributed by atoms with Crippen LogP contribution < -0.4 is 4.74 Å². The first-order valence-electron chi connectivity index (χ1n) is 6.53. The van der Waals surface area contributed by atoms with Crippen LogP contribution in [0.25, 0.3) is 0 Å². The third-order valence-corrected chi connectivity index (χ3v) is 3.52. The van der Waals surface area contributed by atoms with E-state index in [0.29, 0.717) is 6.61 Å². The molecule has 1 aromatic rings. The van der Waals surface area contributed by atoms with Crippen molar-refractivity contribution in [1.29, 1.82) is 0 Å². The third-order valence-electron chi connectivity index (χ3n) is 2.96. The van der Waals surface area contributed by atoms with Crippen molar-refractivity contribution in [2.24, 2.45) is 0 Å². The van der Waals surface area contributed by atoms with E-state index in [1.54, 1.807) is 6.92 Å². The number of carbonyl (C=O) groups excluding carboxylic acids is 1. The highest BCUT2D eigenvalue weighted by atomic mass is 79.9. The lowest BCUT2D eigenvalue weighted by Crippen LogP contribution is -2.21. The van der Waals surface area contributed by atoms with Crippen molar-refractivity contribution in [3.05, 3.63) is 29.8 Å². The molecule has 0 aliphatic heterocycles. The second-order valence-electron chi connectivity index (χ2n) is 4.64. The minimum atomic E-state index is -0.678. The van der Waals surface area contributed by atoms with Crippen LogP contribution in [0, 0.1) is 0 Å². The normalized spacial score (nSPS) is 13.9. The summed E-state index contributed by atoms with van der Waals surface area (Å²) in [5.74, 6) is 0.314. The van der Waals surface area contributed by atoms with Crippen molar-refractivity contribution in [3.63, 3.8) is 0 Å². The molecule has 0 saturated heterocycles. The molecule has 0 amide bonds. The van der Waals surface area contributed by atoms with E-state index in [1.165, 1.54) is 6.92 Å². The number of halogens is 1. The van der Waals surface area contributed by atoms with Crippen LogP contribution in [0.3, 0.4) is 0 Å². The Morgan fingerprint density at radius 1 is 1.32 bits per heavy atom. The molecule has 1 aromatic carbocycles. The maximum atomic E-state index is 11.5. The Morgan fingerprint density at radius 3 is 2.42 bits per heavy atom. The van der Waals surface area contributed by atoms with E-state index >= 15 is 0 Å². The fourth-order valence-corrected chi connectivity index (χ4v) is 2.41. The summed E-state index contributed by atoms with van der Waals surface area (Å²) in [4.78, 5) is 11.5. The van der Waals surface area contributed by atoms with Gasteiger partial charge in [-0.1, -0.05) is 28.1 Å². The van der Waals surface area contributed by atoms with Gasteiger partial charge in [0.2, 0.25) is 0 Å². The summed E-state index contributed by atoms with van der Waals surface area (Å²) in [6, 6.07) is 7.39. The van der Waals surface area contributed by atoms with Crippen LogP contribution in [0.1, 0.15) is 38.2 Å². The molecule has 106 valence electrons. The Labute approximate surface area is 123 Å². The molecule has 0 aromatic heterocycles. The van der Waals surface area contributed by atoms with E-state index in [2.05, 4.69) is 15.9 Å². The van der Waals surface area contributed by atoms with Gasteiger partial charge < -0.3 is 9.84 Å². The number of hydrogen-bond donors (Lipinski definition) is 1. The highest BCUT2D eigenvalue weighted by Crippen LogP contribution is 2.23. The van der Waals surface area contributed by atoms with Crippen LogP contribution in [-0.2, 0) is 4.79 Å². The predicted octanol–water partition coefficient (Wildman–Crippen LogP) is 3.29. The Morgan fingerprint density at radius 2 is 1.95 bits per heavy atom. The summed E-state index contributed by atoms with van der Waals surface area (Å²) in [5, 5.41) is 10.6. The first-order chi connectivity index (χ1) is 9.06. The number of aliphatic hydroxyl groups excluding tert-OH is 1. The van der Waals surface area contributed by atoms with Crippen molar-refractivity contribution in [2.45, 2.75) is 38.7 Å². The Balaban J connectivity index is 2.62. The van der Waals surface area contributed by atoms with E-state index in [9.17, 15) is 9.90 Å². The molecule has 2 atom stereocenters. The SMILES string of the molecule is CC(=O)C(c1ccc(OCCCCBr)cc1)C(C)O. The first kappa shape index (κ1) is 16.2. The van der Waals surface area contributed by atoms with Gasteiger partial charge in [0.15, 0.2) is 0 Å². The van der Waals surface area contributed by atoms with Crippen molar-refractivity contribution in [3.8, 4) is 5.75 Å². The zero-order chi connectivity index (χ0) is 14.3. The van der Waals surface area contributed by atoms with Gasteiger partial charge in [0.25, 0.3) is 0 Å². The van der Waals surface area contributed by atoms with E-state index in [4.69, 9.17) is 4.74 Å². The molecule has 0 bridgehead atoms. The maximum Gasteiger partial charge on any atom is 0.139 e. The third kappa shape index (κ3) is 5.33. The highest BCUT2D eigenvalue weighted by Gasteiger charge is 2.21. The second kappa shape index (κ2) is 8.33. The fourth-order valence-electron chi connectivity index (χ4n) is 2.01. The van der Waals surface area contributed by atoms with Crippen LogP contribution in [-0.4, -0.2) is 28.9 Å². The molecule has 19 heavy (non-hydrogen) atoms. The number of ether oxygens (including phenoxy) is 1. The number of rotatable bonds is 8. The molecule has 0 aliphatic carbocycles. The average molecular weight is 329 g/mol. The molecular formula is C15H21BrO3. The molecule has 1 rings (SSSR count). The van der Waals surface area contributed by atoms with Gasteiger partial charge in [-0.25, -0.2) is 0 Å². The number of ketones is 1. The summed E-state index contributed by atoms with van der Waals surface area (Å²) in [6.45, 7) is 3.83. The largest absolute Gasteiger partial charge is 0.494 e. The van der Waals surface area contributed by atoms with E-state index in [-0.39, 0.29) is 5.78 Å². The number of unbranched alkanes of at least 4 members (excludes halogenated alkanes) is 1. The zero-order valence-electron chi connectivity index (χ0n) is 11.4. The fraction of sp³-hybridized carbons (Fsp3) is 0.533. The molecule has 2 unspecified atom stereocenters. The quantitative estimate of drug-likeness (QED) is 0.588. The lowest BCUT2D eigenvalue weighted by Gasteiger charge is -2.17. The lowest BCUT2D eigenvalue weighted by molar-refractivity contribution is -0.120. The summed E-state index contributed by atoms with van der Waals surface area (Å²) in [7, 11) is 0. The molecule has 0 fully saturated rings. The molecular weight excluding hydrogens is 308 g/mol. The van der Waals surface area contributed by atoms with Crippen LogP contribution in [0.15, 0.2) is 24.3 Å². The minimum Gasteiger partial charge on any atom is -0.494 e. The van der Waals surface area contributed by atoms with Gasteiger partial charge >= 0.3 is 0 Å². The van der Waals surface area contributed by atoms with Gasteiger partial charge in [0.05, 0.1) is 18.6 Å². The zero-order valence-corrected chi connectivity index (χ0v) is 13.0. The summed E-state index contributed by atoms with van der Waals surface area (Å²) in [6.07, 6.45) is 1.42. The molecule has 0 spiro atoms. The number of benzene rings is 1. The van der Waals surface area contributed by atoms with Gasteiger partial charge in [-0.15, -0.1) is 0 Å². The molecule has 0 heterocycles. The molecule has 0 aliphatic rings. The van der Waals surface area contributed by atoms with Gasteiger partial charge in [0, 0.05) is 5.33 Å². The summed E-state index contributed by atoms with van der Waals surface area (Å²) >= 11 is 3.38. The monoisotopic (exact) mass is 328 g/mol. The van der Waals surface area contributed by atoms with E-state index in [0.717, 1.165) is 29.5 Å². The minimum absolute atomic E-state index is 0.0269. The smallest absolute Gasteiger partial charge is 0.139 e. The van der Waals surface area contributed by atoms with Gasteiger partial charge in [-0.2, -0.15) is 0 Å². The average Bonchev–Trinajstić information content (AvgIpc) is 2.35. The van der Waals surface area contributed by atoms with Gasteiger partial charge in [-0.05, 0) is 44.4 Å². The van der Waals surface area contributed by atoms with Crippen LogP contribution in [0.5, 0.6) is 5.75 Å². The first-order valence-corrected chi connectivity index (χ1v) is 7.65. The Bertz CT molecular complexity index is 387. The number of carbonyl (C=O) groups is 1.